The SMILES string of the molecule is CC.Cc1nc2cc(C3CCOCC3)nc(-c3ccc(F)cc3F)c2nc1C.c1cnn(C2CC2)c1. The van der Waals surface area contributed by atoms with E-state index < -0.39 is 11.6 Å². The fourth-order valence-electron chi connectivity index (χ4n) is 4.16. The fraction of sp³-hybridized carbons (Fsp3) is 0.429. The summed E-state index contributed by atoms with van der Waals surface area (Å²) in [5, 5.41) is 4.09. The van der Waals surface area contributed by atoms with E-state index in [1.54, 1.807) is 0 Å². The van der Waals surface area contributed by atoms with Gasteiger partial charge in [0.15, 0.2) is 0 Å². The smallest absolute Gasteiger partial charge is 0.135 e. The summed E-state index contributed by atoms with van der Waals surface area (Å²) in [7, 11) is 0. The van der Waals surface area contributed by atoms with E-state index in [-0.39, 0.29) is 11.5 Å². The highest BCUT2D eigenvalue weighted by Gasteiger charge is 2.23. The van der Waals surface area contributed by atoms with Crippen LogP contribution in [-0.2, 0) is 4.74 Å². The van der Waals surface area contributed by atoms with Crippen molar-refractivity contribution in [3.05, 3.63) is 71.4 Å². The maximum atomic E-state index is 14.5. The maximum Gasteiger partial charge on any atom is 0.135 e. The van der Waals surface area contributed by atoms with Gasteiger partial charge in [0.25, 0.3) is 0 Å². The van der Waals surface area contributed by atoms with Crippen LogP contribution in [0.15, 0.2) is 42.7 Å². The third-order valence-electron chi connectivity index (χ3n) is 6.36. The highest BCUT2D eigenvalue weighted by Crippen LogP contribution is 2.34. The number of ether oxygens (including phenoxy) is 1. The number of pyridine rings is 1. The molecular formula is C28H33F2N5O. The molecule has 4 heterocycles. The van der Waals surface area contributed by atoms with Crippen LogP contribution in [0.3, 0.4) is 0 Å². The van der Waals surface area contributed by atoms with Crippen molar-refractivity contribution in [2.45, 2.75) is 65.3 Å². The maximum absolute atomic E-state index is 14.5. The Balaban J connectivity index is 0.000000254. The summed E-state index contributed by atoms with van der Waals surface area (Å²) >= 11 is 0. The quantitative estimate of drug-likeness (QED) is 0.317. The van der Waals surface area contributed by atoms with Crippen LogP contribution in [0.25, 0.3) is 22.3 Å². The van der Waals surface area contributed by atoms with Crippen LogP contribution in [0.4, 0.5) is 8.78 Å². The number of benzene rings is 1. The molecule has 190 valence electrons. The van der Waals surface area contributed by atoms with E-state index in [0.717, 1.165) is 42.0 Å². The van der Waals surface area contributed by atoms with E-state index in [1.807, 2.05) is 56.9 Å². The minimum absolute atomic E-state index is 0.235. The van der Waals surface area contributed by atoms with Gasteiger partial charge in [-0.05, 0) is 63.8 Å². The monoisotopic (exact) mass is 493 g/mol. The van der Waals surface area contributed by atoms with Crippen LogP contribution in [-0.4, -0.2) is 37.9 Å². The highest BCUT2D eigenvalue weighted by molar-refractivity contribution is 5.89. The van der Waals surface area contributed by atoms with Crippen LogP contribution in [0.2, 0.25) is 0 Å². The minimum atomic E-state index is -0.650. The van der Waals surface area contributed by atoms with Crippen molar-refractivity contribution >= 4 is 11.0 Å². The number of hydrogen-bond acceptors (Lipinski definition) is 5. The number of hydrogen-bond donors (Lipinski definition) is 0. The van der Waals surface area contributed by atoms with Crippen molar-refractivity contribution in [1.82, 2.24) is 24.7 Å². The van der Waals surface area contributed by atoms with Gasteiger partial charge in [0.05, 0.1) is 22.9 Å². The van der Waals surface area contributed by atoms with E-state index in [0.29, 0.717) is 29.9 Å². The Kier molecular flexibility index (Phi) is 8.36. The molecule has 2 fully saturated rings. The largest absolute Gasteiger partial charge is 0.381 e. The van der Waals surface area contributed by atoms with Gasteiger partial charge in [0, 0.05) is 48.8 Å². The lowest BCUT2D eigenvalue weighted by Gasteiger charge is -2.22. The first-order chi connectivity index (χ1) is 17.5. The lowest BCUT2D eigenvalue weighted by molar-refractivity contribution is 0.0845. The molecule has 6 rings (SSSR count). The van der Waals surface area contributed by atoms with Gasteiger partial charge < -0.3 is 4.74 Å². The average Bonchev–Trinajstić information content (AvgIpc) is 3.60. The average molecular weight is 494 g/mol. The molecule has 8 heteroatoms. The lowest BCUT2D eigenvalue weighted by atomic mass is 9.95. The van der Waals surface area contributed by atoms with Gasteiger partial charge in [-0.2, -0.15) is 5.10 Å². The molecule has 0 spiro atoms. The molecule has 6 nitrogen and oxygen atoms in total. The van der Waals surface area contributed by atoms with Crippen molar-refractivity contribution in [2.24, 2.45) is 0 Å². The molecular weight excluding hydrogens is 460 g/mol. The second-order valence-electron chi connectivity index (χ2n) is 8.89. The fourth-order valence-corrected chi connectivity index (χ4v) is 4.16. The zero-order valence-corrected chi connectivity index (χ0v) is 21.3. The van der Waals surface area contributed by atoms with E-state index in [1.165, 1.54) is 25.0 Å². The van der Waals surface area contributed by atoms with Crippen molar-refractivity contribution in [2.75, 3.05) is 13.2 Å². The van der Waals surface area contributed by atoms with Crippen molar-refractivity contribution in [3.63, 3.8) is 0 Å². The second kappa shape index (κ2) is 11.6. The van der Waals surface area contributed by atoms with Crippen molar-refractivity contribution in [1.29, 1.82) is 0 Å². The molecule has 1 aliphatic carbocycles. The number of rotatable bonds is 3. The molecule has 1 aliphatic heterocycles. The number of aromatic nitrogens is 5. The van der Waals surface area contributed by atoms with E-state index in [9.17, 15) is 8.78 Å². The standard InChI is InChI=1S/C20H19F2N3O.C6H8N2.C2H6/c1-11-12(2)24-20-18(23-11)10-17(13-5-7-26-8-6-13)25-19(20)15-4-3-14(21)9-16(15)22;1-4-7-8(5-1)6-2-3-6;1-2/h3-4,9-10,13H,5-8H2,1-2H3;1,4-6H,2-3H2;1-2H3. The number of aryl methyl sites for hydroxylation is 2. The Morgan fingerprint density at radius 2 is 1.64 bits per heavy atom. The van der Waals surface area contributed by atoms with Crippen LogP contribution < -0.4 is 0 Å². The Hall–Kier alpha value is -3.26. The molecule has 1 aromatic carbocycles. The molecule has 0 amide bonds. The van der Waals surface area contributed by atoms with Gasteiger partial charge >= 0.3 is 0 Å². The van der Waals surface area contributed by atoms with E-state index in [2.05, 4.69) is 15.1 Å². The summed E-state index contributed by atoms with van der Waals surface area (Å²) in [4.78, 5) is 14.0. The molecule has 0 radical (unpaired) electrons. The summed E-state index contributed by atoms with van der Waals surface area (Å²) < 4.78 is 35.3. The van der Waals surface area contributed by atoms with Crippen molar-refractivity contribution < 1.29 is 13.5 Å². The third-order valence-corrected chi connectivity index (χ3v) is 6.36. The van der Waals surface area contributed by atoms with Gasteiger partial charge in [0.2, 0.25) is 0 Å². The Morgan fingerprint density at radius 3 is 2.28 bits per heavy atom. The second-order valence-corrected chi connectivity index (χ2v) is 8.89. The summed E-state index contributed by atoms with van der Waals surface area (Å²) in [6.07, 6.45) is 8.23. The van der Waals surface area contributed by atoms with Gasteiger partial charge in [-0.3, -0.25) is 4.68 Å². The lowest BCUT2D eigenvalue weighted by Crippen LogP contribution is -2.15. The normalized spacial score (nSPS) is 15.6. The Bertz CT molecular complexity index is 1300. The molecule has 0 bridgehead atoms. The predicted molar refractivity (Wildman–Crippen MR) is 137 cm³/mol. The van der Waals surface area contributed by atoms with Gasteiger partial charge in [-0.15, -0.1) is 0 Å². The number of fused-ring (bicyclic) bond motifs is 1. The van der Waals surface area contributed by atoms with Gasteiger partial charge in [-0.25, -0.2) is 23.7 Å². The first kappa shape index (κ1) is 25.8. The van der Waals surface area contributed by atoms with Crippen LogP contribution in [0.5, 0.6) is 0 Å². The third kappa shape index (κ3) is 5.93. The summed E-state index contributed by atoms with van der Waals surface area (Å²) in [5.41, 5.74) is 4.32. The summed E-state index contributed by atoms with van der Waals surface area (Å²) in [6, 6.07) is 8.18. The molecule has 1 saturated heterocycles. The van der Waals surface area contributed by atoms with Crippen LogP contribution in [0.1, 0.15) is 68.6 Å². The minimum Gasteiger partial charge on any atom is -0.381 e. The molecule has 36 heavy (non-hydrogen) atoms. The molecule has 1 saturated carbocycles. The molecule has 0 atom stereocenters. The molecule has 3 aromatic heterocycles. The predicted octanol–water partition coefficient (Wildman–Crippen LogP) is 6.73. The molecule has 2 aliphatic rings. The molecule has 4 aromatic rings. The van der Waals surface area contributed by atoms with E-state index in [4.69, 9.17) is 9.72 Å². The molecule has 0 N–H and O–H groups in total. The van der Waals surface area contributed by atoms with Gasteiger partial charge in [0.1, 0.15) is 22.8 Å². The van der Waals surface area contributed by atoms with Crippen LogP contribution >= 0.6 is 0 Å². The number of halogens is 2. The summed E-state index contributed by atoms with van der Waals surface area (Å²) in [5.74, 6) is -1.03. The van der Waals surface area contributed by atoms with Crippen molar-refractivity contribution in [3.8, 4) is 11.3 Å². The highest BCUT2D eigenvalue weighted by atomic mass is 19.1. The zero-order chi connectivity index (χ0) is 25.7. The first-order valence-corrected chi connectivity index (χ1v) is 12.7. The zero-order valence-electron chi connectivity index (χ0n) is 21.3. The summed E-state index contributed by atoms with van der Waals surface area (Å²) in [6.45, 7) is 9.12. The molecule has 0 unspecified atom stereocenters. The van der Waals surface area contributed by atoms with E-state index >= 15 is 0 Å². The van der Waals surface area contributed by atoms with Gasteiger partial charge in [-0.1, -0.05) is 13.8 Å². The Labute approximate surface area is 210 Å². The Morgan fingerprint density at radius 1 is 0.917 bits per heavy atom. The number of nitrogens with zero attached hydrogens (tertiary/aromatic N) is 5. The van der Waals surface area contributed by atoms with Crippen LogP contribution in [0, 0.1) is 25.5 Å². The topological polar surface area (TPSA) is 65.7 Å². The first-order valence-electron chi connectivity index (χ1n) is 12.7.